The molecule has 220 valence electrons. The van der Waals surface area contributed by atoms with E-state index in [1.54, 1.807) is 43.3 Å². The Balaban J connectivity index is 0.00000484. The summed E-state index contributed by atoms with van der Waals surface area (Å²) in [7, 11) is 0. The van der Waals surface area contributed by atoms with Crippen LogP contribution >= 0.6 is 0 Å². The maximum Gasteiger partial charge on any atom is 0.326 e. The summed E-state index contributed by atoms with van der Waals surface area (Å²) >= 11 is 0. The lowest BCUT2D eigenvalue weighted by Crippen LogP contribution is -2.34. The Morgan fingerprint density at radius 3 is 2.33 bits per heavy atom. The van der Waals surface area contributed by atoms with Crippen LogP contribution in [0.25, 0.3) is 5.57 Å². The van der Waals surface area contributed by atoms with E-state index in [2.05, 4.69) is 16.7 Å². The number of nitrogens with zero attached hydrogens (tertiary/aromatic N) is 2. The highest BCUT2D eigenvalue weighted by molar-refractivity contribution is 6.02. The maximum atomic E-state index is 13.5. The number of amides is 3. The van der Waals surface area contributed by atoms with Crippen LogP contribution < -0.4 is 15.5 Å². The Kier molecular flexibility index (Phi) is 11.0. The van der Waals surface area contributed by atoms with Crippen LogP contribution in [0.2, 0.25) is 0 Å². The Bertz CT molecular complexity index is 1470. The van der Waals surface area contributed by atoms with Gasteiger partial charge >= 0.3 is 12.0 Å². The number of allylic oxidation sites excluding steroid dienone is 2. The van der Waals surface area contributed by atoms with Crippen LogP contribution in [-0.4, -0.2) is 34.5 Å². The zero-order valence-corrected chi connectivity index (χ0v) is 22.8. The van der Waals surface area contributed by atoms with Crippen molar-refractivity contribution in [3.05, 3.63) is 105 Å². The lowest BCUT2D eigenvalue weighted by molar-refractivity contribution is -0.385. The first-order chi connectivity index (χ1) is 19.7. The van der Waals surface area contributed by atoms with E-state index in [9.17, 15) is 24.5 Å². The number of hydrogen-bond donors (Lipinski definition) is 3. The number of nitro benzene ring substituents is 1. The number of anilines is 2. The van der Waals surface area contributed by atoms with Crippen LogP contribution in [0.15, 0.2) is 72.8 Å². The van der Waals surface area contributed by atoms with Crippen molar-refractivity contribution in [2.24, 2.45) is 0 Å². The Labute approximate surface area is 245 Å². The van der Waals surface area contributed by atoms with Crippen LogP contribution in [0.5, 0.6) is 0 Å². The highest BCUT2D eigenvalue weighted by Gasteiger charge is 2.20. The molecule has 0 atom stereocenters. The average Bonchev–Trinajstić information content (AvgIpc) is 2.97. The average molecular weight is 573 g/mol. The van der Waals surface area contributed by atoms with Gasteiger partial charge in [-0.3, -0.25) is 24.6 Å². The number of carbonyl (C=O) groups is 3. The van der Waals surface area contributed by atoms with Crippen molar-refractivity contribution >= 4 is 40.5 Å². The molecule has 0 radical (unpaired) electrons. The molecule has 0 bridgehead atoms. The second-order valence-electron chi connectivity index (χ2n) is 9.89. The first-order valence-corrected chi connectivity index (χ1v) is 13.4. The summed E-state index contributed by atoms with van der Waals surface area (Å²) in [5.41, 5.74) is 4.86. The van der Waals surface area contributed by atoms with Crippen LogP contribution in [0.4, 0.5) is 21.9 Å². The van der Waals surface area contributed by atoms with E-state index in [4.69, 9.17) is 5.11 Å². The molecule has 4 rings (SSSR count). The minimum absolute atomic E-state index is 0. The number of nitrogens with one attached hydrogen (secondary N) is 2. The fraction of sp³-hybridized carbons (Fsp3) is 0.281. The molecule has 0 spiro atoms. The molecule has 10 nitrogen and oxygen atoms in total. The zero-order chi connectivity index (χ0) is 29.4. The summed E-state index contributed by atoms with van der Waals surface area (Å²) in [6.07, 6.45) is 6.50. The highest BCUT2D eigenvalue weighted by atomic mass is 16.6. The third-order valence-electron chi connectivity index (χ3n) is 6.92. The van der Waals surface area contributed by atoms with Crippen LogP contribution in [0.1, 0.15) is 66.6 Å². The monoisotopic (exact) mass is 572 g/mol. The largest absolute Gasteiger partial charge is 0.481 e. The molecule has 0 aliphatic heterocycles. The second-order valence-corrected chi connectivity index (χ2v) is 9.89. The zero-order valence-electron chi connectivity index (χ0n) is 22.8. The molecule has 3 amide bonds. The van der Waals surface area contributed by atoms with Gasteiger partial charge in [-0.05, 0) is 79.6 Å². The molecule has 1 aliphatic rings. The molecule has 10 heteroatoms. The van der Waals surface area contributed by atoms with E-state index >= 15 is 0 Å². The molecule has 3 aromatic rings. The van der Waals surface area contributed by atoms with E-state index in [0.29, 0.717) is 22.5 Å². The Morgan fingerprint density at radius 2 is 1.71 bits per heavy atom. The topological polar surface area (TPSA) is 142 Å². The maximum absolute atomic E-state index is 13.5. The molecule has 3 N–H and O–H groups in total. The minimum atomic E-state index is -0.997. The van der Waals surface area contributed by atoms with Gasteiger partial charge in [0, 0.05) is 35.1 Å². The van der Waals surface area contributed by atoms with Crippen molar-refractivity contribution in [1.29, 1.82) is 0 Å². The molecule has 0 saturated carbocycles. The number of aliphatic carboxylic acids is 1. The van der Waals surface area contributed by atoms with Crippen molar-refractivity contribution in [2.45, 2.75) is 53.0 Å². The van der Waals surface area contributed by atoms with Gasteiger partial charge in [0.05, 0.1) is 17.9 Å². The molecular formula is C32H36N4O6. The van der Waals surface area contributed by atoms with E-state index in [1.807, 2.05) is 24.3 Å². The molecule has 0 unspecified atom stereocenters. The van der Waals surface area contributed by atoms with Gasteiger partial charge in [-0.2, -0.15) is 0 Å². The van der Waals surface area contributed by atoms with Crippen LogP contribution in [0.3, 0.4) is 0 Å². The molecule has 42 heavy (non-hydrogen) atoms. The molecule has 3 aromatic carbocycles. The molecule has 1 aliphatic carbocycles. The molecule has 0 saturated heterocycles. The Hall–Kier alpha value is -4.99. The van der Waals surface area contributed by atoms with E-state index in [-0.39, 0.29) is 38.5 Å². The number of nitro groups is 1. The third kappa shape index (κ3) is 8.26. The van der Waals surface area contributed by atoms with Crippen LogP contribution in [-0.2, 0) is 11.3 Å². The van der Waals surface area contributed by atoms with Crippen molar-refractivity contribution in [3.63, 3.8) is 0 Å². The summed E-state index contributed by atoms with van der Waals surface area (Å²) in [6.45, 7) is 1.83. The van der Waals surface area contributed by atoms with Gasteiger partial charge in [-0.1, -0.05) is 43.8 Å². The van der Waals surface area contributed by atoms with Crippen molar-refractivity contribution in [1.82, 2.24) is 5.32 Å². The number of hydrogen-bond acceptors (Lipinski definition) is 5. The first kappa shape index (κ1) is 31.5. The number of carboxylic acids is 1. The van der Waals surface area contributed by atoms with Gasteiger partial charge in [0.2, 0.25) is 0 Å². The van der Waals surface area contributed by atoms with Gasteiger partial charge in [0.1, 0.15) is 0 Å². The summed E-state index contributed by atoms with van der Waals surface area (Å²) < 4.78 is 0. The fourth-order valence-corrected chi connectivity index (χ4v) is 4.64. The lowest BCUT2D eigenvalue weighted by atomic mass is 9.93. The van der Waals surface area contributed by atoms with Gasteiger partial charge < -0.3 is 15.7 Å². The molecular weight excluding hydrogens is 536 g/mol. The normalized spacial score (nSPS) is 12.4. The van der Waals surface area contributed by atoms with Crippen molar-refractivity contribution < 1.29 is 24.4 Å². The predicted octanol–water partition coefficient (Wildman–Crippen LogP) is 6.94. The van der Waals surface area contributed by atoms with Crippen molar-refractivity contribution in [2.75, 3.05) is 16.8 Å². The number of carboxylic acid groups (broad SMARTS) is 1. The summed E-state index contributed by atoms with van der Waals surface area (Å²) in [4.78, 5) is 49.0. The lowest BCUT2D eigenvalue weighted by Gasteiger charge is -2.24. The van der Waals surface area contributed by atoms with E-state index in [1.165, 1.54) is 23.0 Å². The van der Waals surface area contributed by atoms with Gasteiger partial charge in [-0.25, -0.2) is 4.79 Å². The molecule has 0 fully saturated rings. The number of benzene rings is 3. The quantitative estimate of drug-likeness (QED) is 0.177. The van der Waals surface area contributed by atoms with E-state index < -0.39 is 16.9 Å². The number of rotatable bonds is 10. The standard InChI is InChI=1S/C31H32N4O6.CH4/c1-21-7-14-26(19-28(21)35(40)41)33-31(39)34(27-15-12-24(13-16-27)23-5-3-2-4-6-23)20-22-8-10-25(11-9-22)30(38)32-18-17-29(36)37;/h5,7-16,19H,2-4,6,17-18,20H2,1H3,(H,32,38)(H,33,39)(H,36,37);1H4. The van der Waals surface area contributed by atoms with Gasteiger partial charge in [0.25, 0.3) is 11.6 Å². The summed E-state index contributed by atoms with van der Waals surface area (Å²) in [5, 5.41) is 25.5. The molecule has 0 aromatic heterocycles. The SMILES string of the molecule is C.Cc1ccc(NC(=O)N(Cc2ccc(C(=O)NCCC(=O)O)cc2)c2ccc(C3=CCCCC3)cc2)cc1[N+](=O)[O-]. The first-order valence-electron chi connectivity index (χ1n) is 13.4. The fourth-order valence-electron chi connectivity index (χ4n) is 4.64. The Morgan fingerprint density at radius 1 is 1.00 bits per heavy atom. The van der Waals surface area contributed by atoms with Crippen LogP contribution in [0, 0.1) is 17.0 Å². The summed E-state index contributed by atoms with van der Waals surface area (Å²) in [6, 6.07) is 18.5. The summed E-state index contributed by atoms with van der Waals surface area (Å²) in [5.74, 6) is -1.39. The smallest absolute Gasteiger partial charge is 0.326 e. The van der Waals surface area contributed by atoms with Gasteiger partial charge in [0.15, 0.2) is 0 Å². The third-order valence-corrected chi connectivity index (χ3v) is 6.92. The van der Waals surface area contributed by atoms with E-state index in [0.717, 1.165) is 30.4 Å². The minimum Gasteiger partial charge on any atom is -0.481 e. The highest BCUT2D eigenvalue weighted by Crippen LogP contribution is 2.29. The number of urea groups is 1. The number of carbonyl (C=O) groups excluding carboxylic acids is 2. The predicted molar refractivity (Wildman–Crippen MR) is 164 cm³/mol. The second kappa shape index (κ2) is 14.6. The molecule has 0 heterocycles. The van der Waals surface area contributed by atoms with Crippen molar-refractivity contribution in [3.8, 4) is 0 Å². The van der Waals surface area contributed by atoms with Gasteiger partial charge in [-0.15, -0.1) is 0 Å². The number of aryl methyl sites for hydroxylation is 1.